The molecule has 0 aliphatic carbocycles. The number of methoxy groups -OCH3 is 1. The van der Waals surface area contributed by atoms with Crippen LogP contribution in [0.4, 0.5) is 11.4 Å². The van der Waals surface area contributed by atoms with Gasteiger partial charge in [0.1, 0.15) is 5.75 Å². The minimum atomic E-state index is -1.14. The van der Waals surface area contributed by atoms with E-state index in [-0.39, 0.29) is 17.2 Å². The zero-order valence-corrected chi connectivity index (χ0v) is 22.9. The number of carbonyl (C=O) groups is 2. The molecule has 1 aliphatic rings. The van der Waals surface area contributed by atoms with Gasteiger partial charge in [0.15, 0.2) is 6.10 Å². The zero-order valence-electron chi connectivity index (χ0n) is 22.1. The number of nitro groups is 1. The van der Waals surface area contributed by atoms with Gasteiger partial charge in [0.25, 0.3) is 11.6 Å². The van der Waals surface area contributed by atoms with Gasteiger partial charge in [0, 0.05) is 30.1 Å². The highest BCUT2D eigenvalue weighted by Gasteiger charge is 2.41. The minimum Gasteiger partial charge on any atom is -0.497 e. The number of nitro benzene ring substituents is 1. The molecule has 3 aromatic carbocycles. The van der Waals surface area contributed by atoms with Gasteiger partial charge in [-0.05, 0) is 55.1 Å². The summed E-state index contributed by atoms with van der Waals surface area (Å²) in [5.41, 5.74) is 1.56. The fourth-order valence-corrected chi connectivity index (χ4v) is 5.76. The molecule has 0 saturated carbocycles. The van der Waals surface area contributed by atoms with Gasteiger partial charge < -0.3 is 19.3 Å². The Kier molecular flexibility index (Phi) is 9.21. The van der Waals surface area contributed by atoms with Crippen LogP contribution < -0.4 is 9.64 Å². The highest BCUT2D eigenvalue weighted by molar-refractivity contribution is 7.99. The Morgan fingerprint density at radius 1 is 1.03 bits per heavy atom. The van der Waals surface area contributed by atoms with Crippen LogP contribution in [-0.4, -0.2) is 61.1 Å². The molecular weight excluding hydrogens is 518 g/mol. The van der Waals surface area contributed by atoms with E-state index in [1.54, 1.807) is 12.0 Å². The summed E-state index contributed by atoms with van der Waals surface area (Å²) in [6.45, 7) is 6.94. The molecule has 0 fully saturated rings. The number of thioether (sulfide) groups is 1. The molecule has 0 spiro atoms. The Balaban J connectivity index is 1.73. The maximum atomic E-state index is 14.2. The largest absolute Gasteiger partial charge is 0.497 e. The summed E-state index contributed by atoms with van der Waals surface area (Å²) in [6.07, 6.45) is -1.14. The minimum absolute atomic E-state index is 0.128. The SMILES string of the molecule is CCN(CC)CCN1C(=O)[C@H](OC(=O)c2ccc([N+](=O)[O-])cc2)[C@H](c2ccc(OC)cc2)Sc2ccccc21. The van der Waals surface area contributed by atoms with Crippen molar-refractivity contribution in [3.63, 3.8) is 0 Å². The molecule has 0 unspecified atom stereocenters. The molecule has 1 aliphatic heterocycles. The van der Waals surface area contributed by atoms with Crippen molar-refractivity contribution in [2.75, 3.05) is 38.2 Å². The van der Waals surface area contributed by atoms with E-state index in [1.807, 2.05) is 48.5 Å². The predicted molar refractivity (Wildman–Crippen MR) is 150 cm³/mol. The molecule has 0 radical (unpaired) electrons. The van der Waals surface area contributed by atoms with Crippen LogP contribution in [0.5, 0.6) is 5.75 Å². The van der Waals surface area contributed by atoms with Crippen molar-refractivity contribution in [2.45, 2.75) is 30.1 Å². The molecule has 1 amide bonds. The number of hydrogen-bond acceptors (Lipinski definition) is 8. The van der Waals surface area contributed by atoms with Crippen molar-refractivity contribution in [1.29, 1.82) is 0 Å². The molecule has 4 rings (SSSR count). The van der Waals surface area contributed by atoms with Crippen LogP contribution >= 0.6 is 11.8 Å². The molecule has 0 N–H and O–H groups in total. The second-order valence-corrected chi connectivity index (χ2v) is 10.1. The zero-order chi connectivity index (χ0) is 27.9. The molecule has 9 nitrogen and oxygen atoms in total. The summed E-state index contributed by atoms with van der Waals surface area (Å²) in [4.78, 5) is 42.8. The van der Waals surface area contributed by atoms with E-state index in [4.69, 9.17) is 9.47 Å². The number of rotatable bonds is 10. The number of nitrogens with zero attached hydrogens (tertiary/aromatic N) is 3. The number of para-hydroxylation sites is 1. The first-order chi connectivity index (χ1) is 18.9. The maximum Gasteiger partial charge on any atom is 0.338 e. The third-order valence-electron chi connectivity index (χ3n) is 6.72. The third-order valence-corrected chi connectivity index (χ3v) is 8.09. The Morgan fingerprint density at radius 2 is 1.69 bits per heavy atom. The maximum absolute atomic E-state index is 14.2. The molecule has 1 heterocycles. The van der Waals surface area contributed by atoms with Crippen molar-refractivity contribution in [1.82, 2.24) is 4.90 Å². The lowest BCUT2D eigenvalue weighted by Crippen LogP contribution is -2.46. The quantitative estimate of drug-likeness (QED) is 0.189. The average Bonchev–Trinajstić information content (AvgIpc) is 3.08. The topological polar surface area (TPSA) is 102 Å². The van der Waals surface area contributed by atoms with E-state index in [2.05, 4.69) is 18.7 Å². The summed E-state index contributed by atoms with van der Waals surface area (Å²) >= 11 is 1.47. The van der Waals surface area contributed by atoms with Crippen LogP contribution in [0.1, 0.15) is 35.0 Å². The standard InChI is InChI=1S/C29H31N3O6S/c1-4-30(5-2)18-19-31-24-8-6-7-9-25(24)39-27(20-12-16-23(37-3)17-13-20)26(28(31)33)38-29(34)21-10-14-22(15-11-21)32(35)36/h6-17,26-27H,4-5,18-19H2,1-3H3/t26-,27+/m1/s1. The number of benzene rings is 3. The molecule has 0 saturated heterocycles. The summed E-state index contributed by atoms with van der Waals surface area (Å²) in [5, 5.41) is 10.5. The number of carbonyl (C=O) groups excluding carboxylic acids is 2. The summed E-state index contributed by atoms with van der Waals surface area (Å²) < 4.78 is 11.3. The Morgan fingerprint density at radius 3 is 2.31 bits per heavy atom. The van der Waals surface area contributed by atoms with Gasteiger partial charge in [-0.2, -0.15) is 0 Å². The smallest absolute Gasteiger partial charge is 0.338 e. The Labute approximate surface area is 231 Å². The first-order valence-electron chi connectivity index (χ1n) is 12.7. The number of likely N-dealkylation sites (N-methyl/N-ethyl adjacent to an activating group) is 1. The normalized spacial score (nSPS) is 16.9. The monoisotopic (exact) mass is 549 g/mol. The molecular formula is C29H31N3O6S. The van der Waals surface area contributed by atoms with Gasteiger partial charge in [-0.1, -0.05) is 38.1 Å². The number of amides is 1. The third kappa shape index (κ3) is 6.40. The number of esters is 1. The predicted octanol–water partition coefficient (Wildman–Crippen LogP) is 5.35. The molecule has 39 heavy (non-hydrogen) atoms. The number of ether oxygens (including phenoxy) is 2. The van der Waals surface area contributed by atoms with Crippen LogP contribution in [-0.2, 0) is 9.53 Å². The number of fused-ring (bicyclic) bond motifs is 1. The highest BCUT2D eigenvalue weighted by Crippen LogP contribution is 2.47. The summed E-state index contributed by atoms with van der Waals surface area (Å²) in [7, 11) is 1.58. The van der Waals surface area contributed by atoms with Crippen LogP contribution in [0, 0.1) is 10.1 Å². The van der Waals surface area contributed by atoms with E-state index in [0.29, 0.717) is 18.8 Å². The fourth-order valence-electron chi connectivity index (χ4n) is 4.44. The van der Waals surface area contributed by atoms with Crippen molar-refractivity contribution in [3.05, 3.63) is 94.0 Å². The van der Waals surface area contributed by atoms with Crippen molar-refractivity contribution >= 4 is 35.0 Å². The number of non-ortho nitro benzene ring substituents is 1. The molecule has 2 atom stereocenters. The van der Waals surface area contributed by atoms with E-state index in [9.17, 15) is 19.7 Å². The number of hydrogen-bond donors (Lipinski definition) is 0. The van der Waals surface area contributed by atoms with Crippen LogP contribution in [0.3, 0.4) is 0 Å². The van der Waals surface area contributed by atoms with Gasteiger partial charge >= 0.3 is 5.97 Å². The van der Waals surface area contributed by atoms with Crippen LogP contribution in [0.2, 0.25) is 0 Å². The van der Waals surface area contributed by atoms with Gasteiger partial charge in [-0.3, -0.25) is 14.9 Å². The summed E-state index contributed by atoms with van der Waals surface area (Å²) in [6, 6.07) is 20.2. The lowest BCUT2D eigenvalue weighted by atomic mass is 10.0. The van der Waals surface area contributed by atoms with Crippen molar-refractivity contribution in [2.24, 2.45) is 0 Å². The van der Waals surface area contributed by atoms with Crippen LogP contribution in [0.25, 0.3) is 0 Å². The lowest BCUT2D eigenvalue weighted by Gasteiger charge is -2.29. The van der Waals surface area contributed by atoms with Crippen molar-refractivity contribution in [3.8, 4) is 5.75 Å². The summed E-state index contributed by atoms with van der Waals surface area (Å²) in [5.74, 6) is -0.378. The van der Waals surface area contributed by atoms with E-state index < -0.39 is 22.2 Å². The molecule has 3 aromatic rings. The van der Waals surface area contributed by atoms with Gasteiger partial charge in [0.2, 0.25) is 0 Å². The van der Waals surface area contributed by atoms with E-state index in [1.165, 1.54) is 36.0 Å². The molecule has 204 valence electrons. The van der Waals surface area contributed by atoms with E-state index in [0.717, 1.165) is 29.2 Å². The molecule has 0 bridgehead atoms. The first-order valence-corrected chi connectivity index (χ1v) is 13.6. The Hall–Kier alpha value is -3.89. The van der Waals surface area contributed by atoms with Gasteiger partial charge in [-0.25, -0.2) is 4.79 Å². The molecule has 0 aromatic heterocycles. The second-order valence-electron chi connectivity index (χ2n) is 8.93. The van der Waals surface area contributed by atoms with Gasteiger partial charge in [-0.15, -0.1) is 11.8 Å². The lowest BCUT2D eigenvalue weighted by molar-refractivity contribution is -0.384. The van der Waals surface area contributed by atoms with Crippen LogP contribution in [0.15, 0.2) is 77.7 Å². The van der Waals surface area contributed by atoms with Gasteiger partial charge in [0.05, 0.1) is 28.5 Å². The van der Waals surface area contributed by atoms with Crippen molar-refractivity contribution < 1.29 is 24.0 Å². The fraction of sp³-hybridized carbons (Fsp3) is 0.310. The highest BCUT2D eigenvalue weighted by atomic mass is 32.2. The first kappa shape index (κ1) is 28.1. The second kappa shape index (κ2) is 12.8. The number of anilines is 1. The Bertz CT molecular complexity index is 1310. The average molecular weight is 550 g/mol. The molecule has 10 heteroatoms. The van der Waals surface area contributed by atoms with E-state index >= 15 is 0 Å².